The van der Waals surface area contributed by atoms with Crippen LogP contribution in [-0.4, -0.2) is 35.2 Å². The van der Waals surface area contributed by atoms with E-state index >= 15 is 0 Å². The zero-order chi connectivity index (χ0) is 19.6. The van der Waals surface area contributed by atoms with Crippen LogP contribution in [0.2, 0.25) is 0 Å². The minimum absolute atomic E-state index is 0.0189. The first-order chi connectivity index (χ1) is 12.9. The van der Waals surface area contributed by atoms with Gasteiger partial charge in [0.1, 0.15) is 11.9 Å². The minimum atomic E-state index is -1.01. The standard InChI is InChI=1S/C20H16BrFN2O3/c1-2-11-23(19(26)15-5-3-4-6-16(15)22)17-12-18(25)24(20(17)27)14-9-7-13(21)8-10-14/h2-10,17H,1,11-12H2. The average Bonchev–Trinajstić information content (AvgIpc) is 2.94. The molecule has 0 bridgehead atoms. The smallest absolute Gasteiger partial charge is 0.257 e. The van der Waals surface area contributed by atoms with Crippen LogP contribution < -0.4 is 4.90 Å². The van der Waals surface area contributed by atoms with E-state index in [0.717, 1.165) is 9.37 Å². The molecule has 1 aliphatic heterocycles. The molecule has 2 aromatic rings. The number of benzene rings is 2. The highest BCUT2D eigenvalue weighted by Crippen LogP contribution is 2.28. The van der Waals surface area contributed by atoms with E-state index in [0.29, 0.717) is 5.69 Å². The molecule has 3 amide bonds. The van der Waals surface area contributed by atoms with Crippen molar-refractivity contribution in [2.45, 2.75) is 12.5 Å². The van der Waals surface area contributed by atoms with Crippen molar-refractivity contribution in [1.29, 1.82) is 0 Å². The molecule has 0 aromatic heterocycles. The number of amides is 3. The van der Waals surface area contributed by atoms with Crippen molar-refractivity contribution < 1.29 is 18.8 Å². The fourth-order valence-corrected chi connectivity index (χ4v) is 3.27. The molecule has 0 saturated carbocycles. The zero-order valence-electron chi connectivity index (χ0n) is 14.3. The summed E-state index contributed by atoms with van der Waals surface area (Å²) in [5, 5.41) is 0. The van der Waals surface area contributed by atoms with Crippen LogP contribution in [0.25, 0.3) is 0 Å². The predicted octanol–water partition coefficient (Wildman–Crippen LogP) is 3.55. The van der Waals surface area contributed by atoms with Crippen LogP contribution in [0.5, 0.6) is 0 Å². The van der Waals surface area contributed by atoms with Crippen molar-refractivity contribution in [3.8, 4) is 0 Å². The summed E-state index contributed by atoms with van der Waals surface area (Å²) in [5.74, 6) is -2.27. The molecule has 27 heavy (non-hydrogen) atoms. The highest BCUT2D eigenvalue weighted by atomic mass is 79.9. The molecule has 0 spiro atoms. The number of hydrogen-bond donors (Lipinski definition) is 0. The van der Waals surface area contributed by atoms with E-state index in [2.05, 4.69) is 22.5 Å². The minimum Gasteiger partial charge on any atom is -0.322 e. The molecule has 3 rings (SSSR count). The number of carbonyl (C=O) groups excluding carboxylic acids is 3. The summed E-state index contributed by atoms with van der Waals surface area (Å²) in [6.07, 6.45) is 1.28. The summed E-state index contributed by atoms with van der Waals surface area (Å²) in [7, 11) is 0. The first kappa shape index (κ1) is 19.0. The number of rotatable bonds is 5. The Labute approximate surface area is 164 Å². The fourth-order valence-electron chi connectivity index (χ4n) is 3.00. The molecule has 0 aliphatic carbocycles. The second-order valence-electron chi connectivity index (χ2n) is 5.99. The maximum Gasteiger partial charge on any atom is 0.257 e. The summed E-state index contributed by atoms with van der Waals surface area (Å²) < 4.78 is 14.9. The van der Waals surface area contributed by atoms with Crippen LogP contribution in [0.4, 0.5) is 10.1 Å². The van der Waals surface area contributed by atoms with E-state index < -0.39 is 29.6 Å². The van der Waals surface area contributed by atoms with Crippen LogP contribution in [0.15, 0.2) is 65.7 Å². The fraction of sp³-hybridized carbons (Fsp3) is 0.150. The largest absolute Gasteiger partial charge is 0.322 e. The SMILES string of the molecule is C=CCN(C(=O)c1ccccc1F)C1CC(=O)N(c2ccc(Br)cc2)C1=O. The third-order valence-corrected chi connectivity index (χ3v) is 4.80. The zero-order valence-corrected chi connectivity index (χ0v) is 15.9. The number of carbonyl (C=O) groups is 3. The Kier molecular flexibility index (Phi) is 5.51. The van der Waals surface area contributed by atoms with Crippen molar-refractivity contribution in [2.75, 3.05) is 11.4 Å². The first-order valence-electron chi connectivity index (χ1n) is 8.22. The summed E-state index contributed by atoms with van der Waals surface area (Å²) in [4.78, 5) is 40.5. The summed E-state index contributed by atoms with van der Waals surface area (Å²) in [5.41, 5.74) is 0.272. The lowest BCUT2D eigenvalue weighted by Gasteiger charge is -2.26. The van der Waals surface area contributed by atoms with Gasteiger partial charge in [0.15, 0.2) is 0 Å². The highest BCUT2D eigenvalue weighted by molar-refractivity contribution is 9.10. The molecule has 1 fully saturated rings. The van der Waals surface area contributed by atoms with Gasteiger partial charge in [-0.25, -0.2) is 9.29 Å². The van der Waals surface area contributed by atoms with Gasteiger partial charge in [0.05, 0.1) is 17.7 Å². The van der Waals surface area contributed by atoms with E-state index in [1.54, 1.807) is 24.3 Å². The van der Waals surface area contributed by atoms with Crippen molar-refractivity contribution in [3.05, 3.63) is 77.0 Å². The van der Waals surface area contributed by atoms with Gasteiger partial charge in [-0.2, -0.15) is 0 Å². The second-order valence-corrected chi connectivity index (χ2v) is 6.91. The van der Waals surface area contributed by atoms with Gasteiger partial charge < -0.3 is 4.90 Å². The molecular weight excluding hydrogens is 415 g/mol. The normalized spacial score (nSPS) is 16.5. The van der Waals surface area contributed by atoms with Crippen molar-refractivity contribution in [3.63, 3.8) is 0 Å². The number of hydrogen-bond acceptors (Lipinski definition) is 3. The lowest BCUT2D eigenvalue weighted by Crippen LogP contribution is -2.45. The summed E-state index contributed by atoms with van der Waals surface area (Å²) >= 11 is 3.30. The van der Waals surface area contributed by atoms with Crippen LogP contribution in [0.1, 0.15) is 16.8 Å². The topological polar surface area (TPSA) is 57.7 Å². The quantitative estimate of drug-likeness (QED) is 0.538. The van der Waals surface area contributed by atoms with Crippen molar-refractivity contribution in [1.82, 2.24) is 4.90 Å². The second kappa shape index (κ2) is 7.84. The molecule has 1 unspecified atom stereocenters. The molecule has 0 N–H and O–H groups in total. The van der Waals surface area contributed by atoms with Gasteiger partial charge in [0.25, 0.3) is 11.8 Å². The third-order valence-electron chi connectivity index (χ3n) is 4.27. The van der Waals surface area contributed by atoms with Crippen LogP contribution in [-0.2, 0) is 9.59 Å². The van der Waals surface area contributed by atoms with E-state index in [1.165, 1.54) is 35.2 Å². The van der Waals surface area contributed by atoms with Gasteiger partial charge in [-0.3, -0.25) is 14.4 Å². The maximum atomic E-state index is 14.0. The first-order valence-corrected chi connectivity index (χ1v) is 9.02. The molecule has 1 heterocycles. The maximum absolute atomic E-state index is 14.0. The molecule has 1 atom stereocenters. The van der Waals surface area contributed by atoms with Gasteiger partial charge in [-0.15, -0.1) is 6.58 Å². The molecule has 1 aliphatic rings. The number of nitrogens with zero attached hydrogens (tertiary/aromatic N) is 2. The molecule has 7 heteroatoms. The lowest BCUT2D eigenvalue weighted by molar-refractivity contribution is -0.122. The average molecular weight is 431 g/mol. The van der Waals surface area contributed by atoms with Gasteiger partial charge in [-0.1, -0.05) is 34.1 Å². The monoisotopic (exact) mass is 430 g/mol. The molecular formula is C20H16BrFN2O3. The Morgan fingerprint density at radius 3 is 2.52 bits per heavy atom. The van der Waals surface area contributed by atoms with Crippen molar-refractivity contribution >= 4 is 39.3 Å². The van der Waals surface area contributed by atoms with Gasteiger partial charge in [0, 0.05) is 11.0 Å². The molecule has 138 valence electrons. The molecule has 0 radical (unpaired) electrons. The number of anilines is 1. The third kappa shape index (κ3) is 3.68. The Morgan fingerprint density at radius 1 is 1.22 bits per heavy atom. The Hall–Kier alpha value is -2.80. The number of imide groups is 1. The summed E-state index contributed by atoms with van der Waals surface area (Å²) in [6.45, 7) is 3.62. The molecule has 2 aromatic carbocycles. The van der Waals surface area contributed by atoms with Gasteiger partial charge in [-0.05, 0) is 36.4 Å². The van der Waals surface area contributed by atoms with Gasteiger partial charge >= 0.3 is 0 Å². The molecule has 1 saturated heterocycles. The van der Waals surface area contributed by atoms with E-state index in [-0.39, 0.29) is 18.5 Å². The lowest BCUT2D eigenvalue weighted by atomic mass is 10.1. The van der Waals surface area contributed by atoms with Gasteiger partial charge in [0.2, 0.25) is 5.91 Å². The number of halogens is 2. The Morgan fingerprint density at radius 2 is 1.89 bits per heavy atom. The highest BCUT2D eigenvalue weighted by Gasteiger charge is 2.44. The molecule has 5 nitrogen and oxygen atoms in total. The summed E-state index contributed by atoms with van der Waals surface area (Å²) in [6, 6.07) is 11.2. The van der Waals surface area contributed by atoms with E-state index in [9.17, 15) is 18.8 Å². The van der Waals surface area contributed by atoms with Crippen LogP contribution in [0, 0.1) is 5.82 Å². The van der Waals surface area contributed by atoms with Crippen LogP contribution >= 0.6 is 15.9 Å². The predicted molar refractivity (Wildman–Crippen MR) is 103 cm³/mol. The van der Waals surface area contributed by atoms with E-state index in [1.807, 2.05) is 0 Å². The Bertz CT molecular complexity index is 914. The van der Waals surface area contributed by atoms with Crippen molar-refractivity contribution in [2.24, 2.45) is 0 Å². The van der Waals surface area contributed by atoms with E-state index in [4.69, 9.17) is 0 Å². The van der Waals surface area contributed by atoms with Crippen LogP contribution in [0.3, 0.4) is 0 Å². The Balaban J connectivity index is 1.92.